The summed E-state index contributed by atoms with van der Waals surface area (Å²) in [6.45, 7) is 3.12. The first kappa shape index (κ1) is 10.7. The van der Waals surface area contributed by atoms with Gasteiger partial charge in [0.1, 0.15) is 5.76 Å². The predicted octanol–water partition coefficient (Wildman–Crippen LogP) is 1.64. The smallest absolute Gasteiger partial charge is 0.105 e. The number of furan rings is 1. The van der Waals surface area contributed by atoms with Crippen molar-refractivity contribution in [2.45, 2.75) is 31.7 Å². The summed E-state index contributed by atoms with van der Waals surface area (Å²) in [4.78, 5) is 2.51. The molecule has 3 heteroatoms. The molecule has 2 heterocycles. The number of hydrogen-bond acceptors (Lipinski definition) is 3. The largest absolute Gasteiger partial charge is 0.469 e. The zero-order valence-electron chi connectivity index (χ0n) is 9.19. The zero-order chi connectivity index (χ0) is 10.5. The Bertz CT molecular complexity index is 265. The maximum atomic E-state index is 5.84. The topological polar surface area (TPSA) is 42.4 Å². The molecule has 15 heavy (non-hydrogen) atoms. The molecule has 0 radical (unpaired) electrons. The maximum Gasteiger partial charge on any atom is 0.105 e. The van der Waals surface area contributed by atoms with Crippen LogP contribution in [0.4, 0.5) is 0 Å². The Morgan fingerprint density at radius 2 is 2.13 bits per heavy atom. The molecule has 1 fully saturated rings. The molecule has 1 atom stereocenters. The SMILES string of the molecule is NCC(Cc1ccco1)N1CCCCC1. The molecule has 2 rings (SSSR count). The van der Waals surface area contributed by atoms with Crippen molar-refractivity contribution >= 4 is 0 Å². The minimum Gasteiger partial charge on any atom is -0.469 e. The van der Waals surface area contributed by atoms with E-state index in [4.69, 9.17) is 10.2 Å². The molecule has 1 aliphatic heterocycles. The molecule has 0 aliphatic carbocycles. The second-order valence-corrected chi connectivity index (χ2v) is 4.27. The van der Waals surface area contributed by atoms with Crippen LogP contribution >= 0.6 is 0 Å². The van der Waals surface area contributed by atoms with Gasteiger partial charge >= 0.3 is 0 Å². The summed E-state index contributed by atoms with van der Waals surface area (Å²) in [6, 6.07) is 4.43. The lowest BCUT2D eigenvalue weighted by Crippen LogP contribution is -2.44. The lowest BCUT2D eigenvalue weighted by molar-refractivity contribution is 0.161. The van der Waals surface area contributed by atoms with E-state index in [1.165, 1.54) is 32.4 Å². The van der Waals surface area contributed by atoms with Crippen molar-refractivity contribution in [1.82, 2.24) is 4.90 Å². The molecule has 1 aromatic heterocycles. The van der Waals surface area contributed by atoms with Crippen LogP contribution in [0.15, 0.2) is 22.8 Å². The van der Waals surface area contributed by atoms with E-state index in [-0.39, 0.29) is 0 Å². The van der Waals surface area contributed by atoms with Crippen LogP contribution < -0.4 is 5.73 Å². The van der Waals surface area contributed by atoms with Crippen molar-refractivity contribution in [2.24, 2.45) is 5.73 Å². The van der Waals surface area contributed by atoms with Crippen LogP contribution in [-0.4, -0.2) is 30.6 Å². The predicted molar refractivity (Wildman–Crippen MR) is 60.7 cm³/mol. The van der Waals surface area contributed by atoms with Gasteiger partial charge in [-0.15, -0.1) is 0 Å². The van der Waals surface area contributed by atoms with Crippen LogP contribution in [0.2, 0.25) is 0 Å². The van der Waals surface area contributed by atoms with Gasteiger partial charge in [0.05, 0.1) is 6.26 Å². The summed E-state index contributed by atoms with van der Waals surface area (Å²) in [6.07, 6.45) is 6.68. The van der Waals surface area contributed by atoms with Crippen LogP contribution in [0.1, 0.15) is 25.0 Å². The lowest BCUT2D eigenvalue weighted by Gasteiger charge is -2.33. The fourth-order valence-corrected chi connectivity index (χ4v) is 2.31. The highest BCUT2D eigenvalue weighted by molar-refractivity contribution is 5.01. The third kappa shape index (κ3) is 2.83. The van der Waals surface area contributed by atoms with E-state index in [0.717, 1.165) is 18.7 Å². The molecule has 0 aromatic carbocycles. The molecule has 3 nitrogen and oxygen atoms in total. The van der Waals surface area contributed by atoms with Crippen molar-refractivity contribution in [1.29, 1.82) is 0 Å². The highest BCUT2D eigenvalue weighted by atomic mass is 16.3. The maximum absolute atomic E-state index is 5.84. The van der Waals surface area contributed by atoms with Crippen LogP contribution in [0.5, 0.6) is 0 Å². The van der Waals surface area contributed by atoms with Crippen LogP contribution in [0.3, 0.4) is 0 Å². The fourth-order valence-electron chi connectivity index (χ4n) is 2.31. The summed E-state index contributed by atoms with van der Waals surface area (Å²) in [5.74, 6) is 1.05. The molecule has 1 unspecified atom stereocenters. The highest BCUT2D eigenvalue weighted by Gasteiger charge is 2.20. The zero-order valence-corrected chi connectivity index (χ0v) is 9.19. The Balaban J connectivity index is 1.91. The number of likely N-dealkylation sites (tertiary alicyclic amines) is 1. The van der Waals surface area contributed by atoms with Gasteiger partial charge in [-0.05, 0) is 38.1 Å². The van der Waals surface area contributed by atoms with Gasteiger partial charge in [0.25, 0.3) is 0 Å². The van der Waals surface area contributed by atoms with E-state index in [1.54, 1.807) is 6.26 Å². The Kier molecular flexibility index (Phi) is 3.80. The second-order valence-electron chi connectivity index (χ2n) is 4.27. The van der Waals surface area contributed by atoms with E-state index in [2.05, 4.69) is 4.90 Å². The highest BCUT2D eigenvalue weighted by Crippen LogP contribution is 2.15. The average molecular weight is 208 g/mol. The summed E-state index contributed by atoms with van der Waals surface area (Å²) in [5, 5.41) is 0. The van der Waals surface area contributed by atoms with Crippen molar-refractivity contribution in [3.63, 3.8) is 0 Å². The molecule has 1 aliphatic rings. The van der Waals surface area contributed by atoms with E-state index in [9.17, 15) is 0 Å². The number of rotatable bonds is 4. The summed E-state index contributed by atoms with van der Waals surface area (Å²) < 4.78 is 5.37. The van der Waals surface area contributed by atoms with Gasteiger partial charge in [-0.1, -0.05) is 6.42 Å². The molecule has 1 saturated heterocycles. The van der Waals surface area contributed by atoms with Crippen LogP contribution in [0.25, 0.3) is 0 Å². The molecule has 0 amide bonds. The van der Waals surface area contributed by atoms with Crippen molar-refractivity contribution < 1.29 is 4.42 Å². The quantitative estimate of drug-likeness (QED) is 0.818. The second kappa shape index (κ2) is 5.33. The molecule has 84 valence electrons. The Labute approximate surface area is 91.2 Å². The minimum atomic E-state index is 0.455. The van der Waals surface area contributed by atoms with E-state index in [0.29, 0.717) is 6.04 Å². The molecular formula is C12H20N2O. The lowest BCUT2D eigenvalue weighted by atomic mass is 10.1. The normalized spacial score (nSPS) is 20.3. The summed E-state index contributed by atoms with van der Waals surface area (Å²) in [5.41, 5.74) is 5.84. The first-order valence-electron chi connectivity index (χ1n) is 5.86. The van der Waals surface area contributed by atoms with Crippen molar-refractivity contribution in [3.8, 4) is 0 Å². The van der Waals surface area contributed by atoms with Gasteiger partial charge in [-0.25, -0.2) is 0 Å². The number of nitrogens with two attached hydrogens (primary N) is 1. The average Bonchev–Trinajstić information content (AvgIpc) is 2.80. The molecule has 2 N–H and O–H groups in total. The number of hydrogen-bond donors (Lipinski definition) is 1. The van der Waals surface area contributed by atoms with Crippen LogP contribution in [-0.2, 0) is 6.42 Å². The minimum absolute atomic E-state index is 0.455. The van der Waals surface area contributed by atoms with Gasteiger partial charge in [0, 0.05) is 19.0 Å². The van der Waals surface area contributed by atoms with E-state index in [1.807, 2.05) is 12.1 Å². The van der Waals surface area contributed by atoms with Crippen molar-refractivity contribution in [3.05, 3.63) is 24.2 Å². The standard InChI is InChI=1S/C12H20N2O/c13-10-11(9-12-5-4-8-15-12)14-6-2-1-3-7-14/h4-5,8,11H,1-3,6-7,9-10,13H2. The van der Waals surface area contributed by atoms with Gasteiger partial charge in [0.15, 0.2) is 0 Å². The third-order valence-corrected chi connectivity index (χ3v) is 3.20. The Morgan fingerprint density at radius 3 is 2.73 bits per heavy atom. The first-order valence-corrected chi connectivity index (χ1v) is 5.86. The first-order chi connectivity index (χ1) is 7.40. The van der Waals surface area contributed by atoms with Gasteiger partial charge in [0.2, 0.25) is 0 Å². The Hall–Kier alpha value is -0.800. The summed E-state index contributed by atoms with van der Waals surface area (Å²) in [7, 11) is 0. The van der Waals surface area contributed by atoms with Crippen LogP contribution in [0, 0.1) is 0 Å². The Morgan fingerprint density at radius 1 is 1.33 bits per heavy atom. The van der Waals surface area contributed by atoms with E-state index < -0.39 is 0 Å². The molecule has 1 aromatic rings. The summed E-state index contributed by atoms with van der Waals surface area (Å²) >= 11 is 0. The van der Waals surface area contributed by atoms with Gasteiger partial charge in [-0.2, -0.15) is 0 Å². The fraction of sp³-hybridized carbons (Fsp3) is 0.667. The van der Waals surface area contributed by atoms with Crippen molar-refractivity contribution in [2.75, 3.05) is 19.6 Å². The van der Waals surface area contributed by atoms with E-state index >= 15 is 0 Å². The molecule has 0 spiro atoms. The van der Waals surface area contributed by atoms with Gasteiger partial charge < -0.3 is 10.2 Å². The number of piperidine rings is 1. The molecule has 0 bridgehead atoms. The monoisotopic (exact) mass is 208 g/mol. The van der Waals surface area contributed by atoms with Gasteiger partial charge in [-0.3, -0.25) is 4.90 Å². The molecular weight excluding hydrogens is 188 g/mol. The molecule has 0 saturated carbocycles. The number of nitrogens with zero attached hydrogens (tertiary/aromatic N) is 1. The third-order valence-electron chi connectivity index (χ3n) is 3.20.